The third-order valence-corrected chi connectivity index (χ3v) is 4.26. The fourth-order valence-electron chi connectivity index (χ4n) is 2.90. The molecule has 24 heavy (non-hydrogen) atoms. The molecule has 0 aliphatic carbocycles. The zero-order valence-corrected chi connectivity index (χ0v) is 14.9. The second-order valence-corrected chi connectivity index (χ2v) is 6.83. The van der Waals surface area contributed by atoms with Crippen molar-refractivity contribution in [2.45, 2.75) is 20.8 Å². The summed E-state index contributed by atoms with van der Waals surface area (Å²) in [5.41, 5.74) is 2.62. The van der Waals surface area contributed by atoms with Crippen LogP contribution < -0.4 is 15.1 Å². The van der Waals surface area contributed by atoms with Crippen LogP contribution in [0.15, 0.2) is 36.5 Å². The van der Waals surface area contributed by atoms with Gasteiger partial charge in [0, 0.05) is 44.6 Å². The second kappa shape index (κ2) is 7.51. The molecule has 0 bridgehead atoms. The molecule has 2 aromatic rings. The van der Waals surface area contributed by atoms with E-state index in [1.807, 2.05) is 12.3 Å². The van der Waals surface area contributed by atoms with Gasteiger partial charge in [0.25, 0.3) is 0 Å². The van der Waals surface area contributed by atoms with Gasteiger partial charge in [0.15, 0.2) is 0 Å². The Labute approximate surface area is 144 Å². The van der Waals surface area contributed by atoms with Gasteiger partial charge < -0.3 is 15.1 Å². The van der Waals surface area contributed by atoms with Crippen LogP contribution in [-0.2, 0) is 0 Å². The van der Waals surface area contributed by atoms with E-state index in [0.717, 1.165) is 44.5 Å². The van der Waals surface area contributed by atoms with Crippen LogP contribution >= 0.6 is 0 Å². The van der Waals surface area contributed by atoms with E-state index in [1.165, 1.54) is 11.3 Å². The highest BCUT2D eigenvalue weighted by Crippen LogP contribution is 2.20. The van der Waals surface area contributed by atoms with E-state index in [0.29, 0.717) is 5.92 Å². The Kier molecular flexibility index (Phi) is 5.18. The molecule has 1 N–H and O–H groups in total. The first-order chi connectivity index (χ1) is 11.6. The van der Waals surface area contributed by atoms with Crippen LogP contribution in [0.3, 0.4) is 0 Å². The van der Waals surface area contributed by atoms with Crippen molar-refractivity contribution in [3.63, 3.8) is 0 Å². The summed E-state index contributed by atoms with van der Waals surface area (Å²) in [5, 5.41) is 3.38. The molecule has 1 fully saturated rings. The third kappa shape index (κ3) is 4.16. The normalized spacial score (nSPS) is 15.0. The fraction of sp³-hybridized carbons (Fsp3) is 0.474. The lowest BCUT2D eigenvalue weighted by Crippen LogP contribution is -2.47. The fourth-order valence-corrected chi connectivity index (χ4v) is 2.90. The molecule has 0 amide bonds. The molecule has 1 saturated heterocycles. The highest BCUT2D eigenvalue weighted by atomic mass is 15.3. The topological polar surface area (TPSA) is 44.3 Å². The SMILES string of the molecule is Cc1cccc(N2CCN(c3nccc(NCC(C)C)n3)CC2)c1. The van der Waals surface area contributed by atoms with Crippen molar-refractivity contribution < 1.29 is 0 Å². The maximum Gasteiger partial charge on any atom is 0.227 e. The van der Waals surface area contributed by atoms with Gasteiger partial charge in [-0.2, -0.15) is 4.98 Å². The van der Waals surface area contributed by atoms with Crippen LogP contribution in [0.25, 0.3) is 0 Å². The quantitative estimate of drug-likeness (QED) is 0.915. The third-order valence-electron chi connectivity index (χ3n) is 4.26. The number of benzene rings is 1. The number of hydrogen-bond acceptors (Lipinski definition) is 5. The highest BCUT2D eigenvalue weighted by Gasteiger charge is 2.19. The molecule has 1 aromatic carbocycles. The number of nitrogens with one attached hydrogen (secondary N) is 1. The molecule has 0 radical (unpaired) electrons. The van der Waals surface area contributed by atoms with Gasteiger partial charge in [-0.05, 0) is 36.6 Å². The van der Waals surface area contributed by atoms with Crippen molar-refractivity contribution in [1.82, 2.24) is 9.97 Å². The Balaban J connectivity index is 1.61. The second-order valence-electron chi connectivity index (χ2n) is 6.83. The maximum absolute atomic E-state index is 4.67. The Morgan fingerprint density at radius 2 is 1.83 bits per heavy atom. The van der Waals surface area contributed by atoms with Crippen LogP contribution in [-0.4, -0.2) is 42.7 Å². The maximum atomic E-state index is 4.67. The summed E-state index contributed by atoms with van der Waals surface area (Å²) in [7, 11) is 0. The van der Waals surface area contributed by atoms with E-state index in [2.05, 4.69) is 70.1 Å². The summed E-state index contributed by atoms with van der Waals surface area (Å²) >= 11 is 0. The summed E-state index contributed by atoms with van der Waals surface area (Å²) in [4.78, 5) is 13.8. The molecule has 1 aliphatic heterocycles. The molecule has 5 nitrogen and oxygen atoms in total. The van der Waals surface area contributed by atoms with Crippen molar-refractivity contribution in [2.75, 3.05) is 47.8 Å². The summed E-state index contributed by atoms with van der Waals surface area (Å²) in [6.45, 7) is 11.3. The van der Waals surface area contributed by atoms with Gasteiger partial charge in [0.1, 0.15) is 5.82 Å². The van der Waals surface area contributed by atoms with E-state index in [9.17, 15) is 0 Å². The summed E-state index contributed by atoms with van der Waals surface area (Å²) < 4.78 is 0. The number of piperazine rings is 1. The van der Waals surface area contributed by atoms with E-state index >= 15 is 0 Å². The smallest absolute Gasteiger partial charge is 0.227 e. The van der Waals surface area contributed by atoms with Gasteiger partial charge in [-0.3, -0.25) is 0 Å². The Morgan fingerprint density at radius 3 is 2.54 bits per heavy atom. The predicted molar refractivity (Wildman–Crippen MR) is 101 cm³/mol. The zero-order valence-electron chi connectivity index (χ0n) is 14.9. The minimum absolute atomic E-state index is 0.598. The lowest BCUT2D eigenvalue weighted by atomic mass is 10.2. The molecule has 0 spiro atoms. The number of rotatable bonds is 5. The first-order valence-electron chi connectivity index (χ1n) is 8.75. The molecular weight excluding hydrogens is 298 g/mol. The first-order valence-corrected chi connectivity index (χ1v) is 8.75. The molecule has 128 valence electrons. The minimum atomic E-state index is 0.598. The number of nitrogens with zero attached hydrogens (tertiary/aromatic N) is 4. The Bertz CT molecular complexity index is 662. The van der Waals surface area contributed by atoms with Gasteiger partial charge in [-0.1, -0.05) is 26.0 Å². The summed E-state index contributed by atoms with van der Waals surface area (Å²) in [5.74, 6) is 2.34. The van der Waals surface area contributed by atoms with Gasteiger partial charge in [-0.25, -0.2) is 4.98 Å². The van der Waals surface area contributed by atoms with Crippen LogP contribution in [0.5, 0.6) is 0 Å². The number of anilines is 3. The van der Waals surface area contributed by atoms with Gasteiger partial charge in [-0.15, -0.1) is 0 Å². The number of aromatic nitrogens is 2. The van der Waals surface area contributed by atoms with Crippen molar-refractivity contribution in [3.05, 3.63) is 42.1 Å². The first kappa shape index (κ1) is 16.6. The lowest BCUT2D eigenvalue weighted by molar-refractivity contribution is 0.639. The van der Waals surface area contributed by atoms with Crippen molar-refractivity contribution in [2.24, 2.45) is 5.92 Å². The molecular formula is C19H27N5. The predicted octanol–water partition coefficient (Wildman–Crippen LogP) is 3.18. The molecule has 3 rings (SSSR count). The van der Waals surface area contributed by atoms with Crippen LogP contribution in [0.2, 0.25) is 0 Å². The molecule has 1 aromatic heterocycles. The highest BCUT2D eigenvalue weighted by molar-refractivity contribution is 5.50. The van der Waals surface area contributed by atoms with Gasteiger partial charge in [0.05, 0.1) is 0 Å². The van der Waals surface area contributed by atoms with E-state index in [-0.39, 0.29) is 0 Å². The standard InChI is InChI=1S/C19H27N5/c1-15(2)14-21-18-7-8-20-19(22-18)24-11-9-23(10-12-24)17-6-4-5-16(3)13-17/h4-8,13,15H,9-12,14H2,1-3H3,(H,20,21,22). The number of aryl methyl sites for hydroxylation is 1. The van der Waals surface area contributed by atoms with Crippen LogP contribution in [0, 0.1) is 12.8 Å². The summed E-state index contributed by atoms with van der Waals surface area (Å²) in [6, 6.07) is 10.7. The average molecular weight is 325 g/mol. The van der Waals surface area contributed by atoms with E-state index in [1.54, 1.807) is 0 Å². The largest absolute Gasteiger partial charge is 0.370 e. The van der Waals surface area contributed by atoms with Crippen molar-refractivity contribution >= 4 is 17.5 Å². The van der Waals surface area contributed by atoms with E-state index in [4.69, 9.17) is 0 Å². The van der Waals surface area contributed by atoms with Crippen LogP contribution in [0.4, 0.5) is 17.5 Å². The van der Waals surface area contributed by atoms with E-state index < -0.39 is 0 Å². The average Bonchev–Trinajstić information content (AvgIpc) is 2.60. The van der Waals surface area contributed by atoms with Crippen molar-refractivity contribution in [1.29, 1.82) is 0 Å². The monoisotopic (exact) mass is 325 g/mol. The summed E-state index contributed by atoms with van der Waals surface area (Å²) in [6.07, 6.45) is 1.85. The van der Waals surface area contributed by atoms with Crippen molar-refractivity contribution in [3.8, 4) is 0 Å². The molecule has 0 atom stereocenters. The minimum Gasteiger partial charge on any atom is -0.370 e. The lowest BCUT2D eigenvalue weighted by Gasteiger charge is -2.36. The van der Waals surface area contributed by atoms with Crippen LogP contribution in [0.1, 0.15) is 19.4 Å². The Morgan fingerprint density at radius 1 is 1.08 bits per heavy atom. The molecule has 1 aliphatic rings. The molecule has 0 saturated carbocycles. The molecule has 2 heterocycles. The van der Waals surface area contributed by atoms with Gasteiger partial charge >= 0.3 is 0 Å². The Hall–Kier alpha value is -2.30. The zero-order chi connectivity index (χ0) is 16.9. The van der Waals surface area contributed by atoms with Gasteiger partial charge in [0.2, 0.25) is 5.95 Å². The molecule has 0 unspecified atom stereocenters. The molecule has 5 heteroatoms. The number of hydrogen-bond donors (Lipinski definition) is 1.